The minimum absolute atomic E-state index is 0.276. The van der Waals surface area contributed by atoms with Crippen molar-refractivity contribution in [1.82, 2.24) is 0 Å². The van der Waals surface area contributed by atoms with E-state index in [4.69, 9.17) is 5.11 Å². The molecule has 1 aromatic carbocycles. The van der Waals surface area contributed by atoms with Crippen molar-refractivity contribution < 1.29 is 9.90 Å². The topological polar surface area (TPSA) is 49.3 Å². The van der Waals surface area contributed by atoms with Crippen molar-refractivity contribution in [1.29, 1.82) is 0 Å². The van der Waals surface area contributed by atoms with Gasteiger partial charge in [0.15, 0.2) is 0 Å². The summed E-state index contributed by atoms with van der Waals surface area (Å²) in [6.07, 6.45) is 0. The van der Waals surface area contributed by atoms with Crippen LogP contribution in [0.2, 0.25) is 0 Å². The van der Waals surface area contributed by atoms with Crippen LogP contribution in [0.25, 0.3) is 0 Å². The van der Waals surface area contributed by atoms with Crippen LogP contribution in [-0.2, 0) is 0 Å². The van der Waals surface area contributed by atoms with E-state index in [-0.39, 0.29) is 5.56 Å². The number of aromatic carboxylic acids is 1. The predicted molar refractivity (Wildman–Crippen MR) is 55.3 cm³/mol. The zero-order valence-electron chi connectivity index (χ0n) is 7.17. The number of carboxylic acids is 1. The number of carbonyl (C=O) groups is 1. The lowest BCUT2D eigenvalue weighted by atomic mass is 10.2. The molecule has 0 aliphatic carbocycles. The third-order valence-electron chi connectivity index (χ3n) is 1.58. The van der Waals surface area contributed by atoms with Crippen molar-refractivity contribution >= 4 is 27.6 Å². The van der Waals surface area contributed by atoms with Gasteiger partial charge in [0.2, 0.25) is 0 Å². The first-order valence-electron chi connectivity index (χ1n) is 3.92. The van der Waals surface area contributed by atoms with Gasteiger partial charge in [-0.2, -0.15) is 0 Å². The largest absolute Gasteiger partial charge is 0.478 e. The van der Waals surface area contributed by atoms with Crippen LogP contribution >= 0.6 is 15.9 Å². The lowest BCUT2D eigenvalue weighted by Crippen LogP contribution is -2.01. The Bertz CT molecular complexity index is 325. The van der Waals surface area contributed by atoms with E-state index in [0.29, 0.717) is 4.47 Å². The van der Waals surface area contributed by atoms with Gasteiger partial charge in [-0.3, -0.25) is 0 Å². The molecular weight excluding hydrogens is 234 g/mol. The summed E-state index contributed by atoms with van der Waals surface area (Å²) in [5.41, 5.74) is 1.10. The van der Waals surface area contributed by atoms with E-state index < -0.39 is 5.97 Å². The highest BCUT2D eigenvalue weighted by molar-refractivity contribution is 9.10. The minimum atomic E-state index is -0.924. The van der Waals surface area contributed by atoms with Gasteiger partial charge in [0.1, 0.15) is 0 Å². The number of halogens is 1. The number of rotatable bonds is 3. The molecule has 0 saturated carbocycles. The second-order valence-corrected chi connectivity index (χ2v) is 3.38. The van der Waals surface area contributed by atoms with Crippen LogP contribution in [-0.4, -0.2) is 17.6 Å². The Morgan fingerprint density at radius 1 is 1.62 bits per heavy atom. The fraction of sp³-hybridized carbons (Fsp3) is 0.222. The molecule has 4 heteroatoms. The second-order valence-electron chi connectivity index (χ2n) is 2.53. The van der Waals surface area contributed by atoms with E-state index in [9.17, 15) is 4.79 Å². The molecular formula is C9H10BrNO2. The van der Waals surface area contributed by atoms with E-state index >= 15 is 0 Å². The monoisotopic (exact) mass is 243 g/mol. The van der Waals surface area contributed by atoms with Crippen molar-refractivity contribution in [2.24, 2.45) is 0 Å². The van der Waals surface area contributed by atoms with Crippen LogP contribution in [0.1, 0.15) is 17.3 Å². The highest BCUT2D eigenvalue weighted by Gasteiger charge is 2.07. The summed E-state index contributed by atoms with van der Waals surface area (Å²) in [6, 6.07) is 5.16. The molecule has 0 amide bonds. The first-order valence-corrected chi connectivity index (χ1v) is 4.71. The zero-order chi connectivity index (χ0) is 9.84. The molecule has 0 fully saturated rings. The van der Waals surface area contributed by atoms with Crippen molar-refractivity contribution in [3.8, 4) is 0 Å². The molecule has 0 aliphatic heterocycles. The SMILES string of the molecule is CCNc1ccc(Br)c(C(=O)O)c1. The van der Waals surface area contributed by atoms with E-state index in [2.05, 4.69) is 21.2 Å². The molecule has 0 aliphatic rings. The summed E-state index contributed by atoms with van der Waals surface area (Å²) in [4.78, 5) is 10.7. The Morgan fingerprint density at radius 2 is 2.31 bits per heavy atom. The third kappa shape index (κ3) is 2.45. The van der Waals surface area contributed by atoms with E-state index in [1.807, 2.05) is 13.0 Å². The molecule has 0 heterocycles. The van der Waals surface area contributed by atoms with E-state index in [0.717, 1.165) is 12.2 Å². The summed E-state index contributed by atoms with van der Waals surface area (Å²) in [5.74, 6) is -0.924. The van der Waals surface area contributed by atoms with Crippen molar-refractivity contribution in [3.63, 3.8) is 0 Å². The number of hydrogen-bond acceptors (Lipinski definition) is 2. The Morgan fingerprint density at radius 3 is 2.85 bits per heavy atom. The van der Waals surface area contributed by atoms with E-state index in [1.165, 1.54) is 0 Å². The van der Waals surface area contributed by atoms with Crippen LogP contribution in [0.4, 0.5) is 5.69 Å². The average molecular weight is 244 g/mol. The number of hydrogen-bond donors (Lipinski definition) is 2. The Labute approximate surface area is 84.9 Å². The highest BCUT2D eigenvalue weighted by Crippen LogP contribution is 2.20. The number of anilines is 1. The molecule has 70 valence electrons. The van der Waals surface area contributed by atoms with Gasteiger partial charge in [-0.05, 0) is 41.1 Å². The van der Waals surface area contributed by atoms with Crippen LogP contribution in [0.3, 0.4) is 0 Å². The first kappa shape index (κ1) is 10.1. The quantitative estimate of drug-likeness (QED) is 0.859. The minimum Gasteiger partial charge on any atom is -0.478 e. The van der Waals surface area contributed by atoms with Gasteiger partial charge in [-0.1, -0.05) is 0 Å². The standard InChI is InChI=1S/C9H10BrNO2/c1-2-11-6-3-4-8(10)7(5-6)9(12)13/h3-5,11H,2H2,1H3,(H,12,13). The summed E-state index contributed by atoms with van der Waals surface area (Å²) in [7, 11) is 0. The molecule has 3 nitrogen and oxygen atoms in total. The van der Waals surface area contributed by atoms with Crippen molar-refractivity contribution in [2.45, 2.75) is 6.92 Å². The lowest BCUT2D eigenvalue weighted by molar-refractivity contribution is 0.0696. The van der Waals surface area contributed by atoms with Crippen molar-refractivity contribution in [3.05, 3.63) is 28.2 Å². The molecule has 0 saturated heterocycles. The molecule has 0 unspecified atom stereocenters. The molecule has 2 N–H and O–H groups in total. The van der Waals surface area contributed by atoms with Gasteiger partial charge in [0.25, 0.3) is 0 Å². The molecule has 1 aromatic rings. The van der Waals surface area contributed by atoms with E-state index in [1.54, 1.807) is 12.1 Å². The maximum absolute atomic E-state index is 10.7. The van der Waals surface area contributed by atoms with Crippen LogP contribution in [0, 0.1) is 0 Å². The molecule has 0 atom stereocenters. The molecule has 0 radical (unpaired) electrons. The lowest BCUT2D eigenvalue weighted by Gasteiger charge is -2.05. The van der Waals surface area contributed by atoms with Gasteiger partial charge in [0.05, 0.1) is 5.56 Å². The van der Waals surface area contributed by atoms with Gasteiger partial charge in [-0.15, -0.1) is 0 Å². The van der Waals surface area contributed by atoms with Crippen LogP contribution < -0.4 is 5.32 Å². The summed E-state index contributed by atoms with van der Waals surface area (Å²) in [5, 5.41) is 11.8. The zero-order valence-corrected chi connectivity index (χ0v) is 8.76. The summed E-state index contributed by atoms with van der Waals surface area (Å²) < 4.78 is 0.599. The molecule has 13 heavy (non-hydrogen) atoms. The molecule has 1 rings (SSSR count). The van der Waals surface area contributed by atoms with Crippen molar-refractivity contribution in [2.75, 3.05) is 11.9 Å². The fourth-order valence-corrected chi connectivity index (χ4v) is 1.42. The first-order chi connectivity index (χ1) is 6.15. The predicted octanol–water partition coefficient (Wildman–Crippen LogP) is 2.58. The van der Waals surface area contributed by atoms with Gasteiger partial charge >= 0.3 is 5.97 Å². The number of carboxylic acid groups (broad SMARTS) is 1. The highest BCUT2D eigenvalue weighted by atomic mass is 79.9. The third-order valence-corrected chi connectivity index (χ3v) is 2.27. The fourth-order valence-electron chi connectivity index (χ4n) is 1.00. The molecule has 0 aromatic heterocycles. The maximum Gasteiger partial charge on any atom is 0.336 e. The maximum atomic E-state index is 10.7. The second kappa shape index (κ2) is 4.28. The van der Waals surface area contributed by atoms with Gasteiger partial charge in [-0.25, -0.2) is 4.79 Å². The molecule has 0 bridgehead atoms. The summed E-state index contributed by atoms with van der Waals surface area (Å²) >= 11 is 3.17. The van der Waals surface area contributed by atoms with Crippen LogP contribution in [0.15, 0.2) is 22.7 Å². The van der Waals surface area contributed by atoms with Crippen LogP contribution in [0.5, 0.6) is 0 Å². The Hall–Kier alpha value is -1.03. The number of nitrogens with one attached hydrogen (secondary N) is 1. The normalized spacial score (nSPS) is 9.69. The number of benzene rings is 1. The summed E-state index contributed by atoms with van der Waals surface area (Å²) in [6.45, 7) is 2.74. The van der Waals surface area contributed by atoms with Gasteiger partial charge < -0.3 is 10.4 Å². The smallest absolute Gasteiger partial charge is 0.336 e. The average Bonchev–Trinajstić information content (AvgIpc) is 2.08. The molecule has 0 spiro atoms. The Kier molecular flexibility index (Phi) is 3.31. The van der Waals surface area contributed by atoms with Gasteiger partial charge in [0, 0.05) is 16.7 Å². The Balaban J connectivity index is 3.04.